The van der Waals surface area contributed by atoms with E-state index < -0.39 is 0 Å². The normalized spacial score (nSPS) is 9.53. The van der Waals surface area contributed by atoms with Crippen LogP contribution in [0.5, 0.6) is 0 Å². The van der Waals surface area contributed by atoms with Crippen LogP contribution in [0.15, 0.2) is 28.2 Å². The fourth-order valence-electron chi connectivity index (χ4n) is 0.982. The molecule has 0 aliphatic heterocycles. The Morgan fingerprint density at radius 3 is 1.76 bits per heavy atom. The van der Waals surface area contributed by atoms with Crippen molar-refractivity contribution >= 4 is 12.4 Å². The monoisotopic (exact) mass is 318 g/mol. The Morgan fingerprint density at radius 2 is 1.41 bits per heavy atom. The predicted molar refractivity (Wildman–Crippen MR) is 60.5 cm³/mol. The third kappa shape index (κ3) is 9.29. The zero-order valence-corrected chi connectivity index (χ0v) is 12.3. The van der Waals surface area contributed by atoms with Gasteiger partial charge >= 0.3 is 16.8 Å². The molecular weight excluding hydrogens is 304 g/mol. The Kier molecular flexibility index (Phi) is 17.5. The molecule has 97 valence electrons. The van der Waals surface area contributed by atoms with E-state index in [1.165, 1.54) is 0 Å². The van der Waals surface area contributed by atoms with Crippen molar-refractivity contribution in [3.05, 3.63) is 29.6 Å². The van der Waals surface area contributed by atoms with Crippen molar-refractivity contribution in [3.63, 3.8) is 0 Å². The molecule has 0 atom stereocenters. The number of pyridine rings is 1. The first-order valence-corrected chi connectivity index (χ1v) is 4.83. The molecule has 0 unspecified atom stereocenters. The van der Waals surface area contributed by atoms with E-state index in [1.54, 1.807) is 12.4 Å². The van der Waals surface area contributed by atoms with Crippen LogP contribution in [0.4, 0.5) is 0 Å². The summed E-state index contributed by atoms with van der Waals surface area (Å²) in [6, 6.07) is 5.83. The van der Waals surface area contributed by atoms with Crippen LogP contribution in [-0.2, 0) is 16.8 Å². The largest absolute Gasteiger partial charge is 2.00 e. The van der Waals surface area contributed by atoms with Crippen LogP contribution in [0.1, 0.15) is 25.2 Å². The maximum atomic E-state index is 4.35. The molecule has 0 bridgehead atoms. The summed E-state index contributed by atoms with van der Waals surface area (Å²) in [4.78, 5) is 12.6. The number of hydrogen-bond donors (Lipinski definition) is 0. The molecule has 0 amide bonds. The summed E-state index contributed by atoms with van der Waals surface area (Å²) in [5, 5.41) is 0. The van der Waals surface area contributed by atoms with Crippen LogP contribution in [0.2, 0.25) is 0 Å². The van der Waals surface area contributed by atoms with Gasteiger partial charge in [-0.2, -0.15) is 0 Å². The maximum absolute atomic E-state index is 4.35. The van der Waals surface area contributed by atoms with E-state index in [2.05, 4.69) is 15.0 Å². The Bertz CT molecular complexity index is 314. The van der Waals surface area contributed by atoms with Crippen LogP contribution in [-0.4, -0.2) is 30.5 Å². The van der Waals surface area contributed by atoms with Gasteiger partial charge in [0.05, 0.1) is 11.4 Å². The summed E-state index contributed by atoms with van der Waals surface area (Å²) in [6.45, 7) is 5.57. The number of halogens is 2. The maximum Gasteiger partial charge on any atom is 2.00 e. The zero-order valence-electron chi connectivity index (χ0n) is 9.73. The van der Waals surface area contributed by atoms with Gasteiger partial charge in [-0.05, 0) is 26.0 Å². The molecule has 0 aliphatic rings. The van der Waals surface area contributed by atoms with Gasteiger partial charge in [-0.1, -0.05) is 6.07 Å². The molecule has 0 saturated carbocycles. The van der Waals surface area contributed by atoms with E-state index >= 15 is 0 Å². The first-order chi connectivity index (χ1) is 6.86. The van der Waals surface area contributed by atoms with Gasteiger partial charge in [-0.25, -0.2) is 4.98 Å². The molecular formula is C11H15Cl2CoN3. The van der Waals surface area contributed by atoms with Crippen LogP contribution < -0.4 is 24.8 Å². The molecule has 0 saturated heterocycles. The molecule has 3 nitrogen and oxygen atoms in total. The third-order valence-electron chi connectivity index (χ3n) is 1.60. The Hall–Kier alpha value is -0.424. The first-order valence-electron chi connectivity index (χ1n) is 4.83. The fraction of sp³-hybridized carbons (Fsp3) is 0.364. The van der Waals surface area contributed by atoms with Gasteiger partial charge < -0.3 is 24.8 Å². The summed E-state index contributed by atoms with van der Waals surface area (Å²) in [5.41, 5.74) is 1.76. The van der Waals surface area contributed by atoms with Gasteiger partial charge in [0.1, 0.15) is 0 Å². The smallest absolute Gasteiger partial charge is 1.00 e. The number of aromatic nitrogens is 1. The summed E-state index contributed by atoms with van der Waals surface area (Å²) in [5.74, 6) is 0. The van der Waals surface area contributed by atoms with Crippen molar-refractivity contribution < 1.29 is 41.6 Å². The van der Waals surface area contributed by atoms with Gasteiger partial charge in [-0.15, -0.1) is 0 Å². The molecule has 1 aromatic heterocycles. The summed E-state index contributed by atoms with van der Waals surface area (Å²) in [6.07, 6.45) is 3.56. The van der Waals surface area contributed by atoms with E-state index in [4.69, 9.17) is 0 Å². The van der Waals surface area contributed by atoms with E-state index in [0.717, 1.165) is 24.5 Å². The molecule has 6 heteroatoms. The third-order valence-corrected chi connectivity index (χ3v) is 1.60. The van der Waals surface area contributed by atoms with Gasteiger partial charge in [-0.3, -0.25) is 9.98 Å². The average molecular weight is 319 g/mol. The second kappa shape index (κ2) is 13.6. The van der Waals surface area contributed by atoms with Gasteiger partial charge in [0.25, 0.3) is 0 Å². The molecule has 1 heterocycles. The predicted octanol–water partition coefficient (Wildman–Crippen LogP) is -4.04. The van der Waals surface area contributed by atoms with Gasteiger partial charge in [0, 0.05) is 25.5 Å². The average Bonchev–Trinajstić information content (AvgIpc) is 2.24. The van der Waals surface area contributed by atoms with Crippen molar-refractivity contribution in [2.45, 2.75) is 13.8 Å². The van der Waals surface area contributed by atoms with Crippen LogP contribution in [0.3, 0.4) is 0 Å². The topological polar surface area (TPSA) is 37.6 Å². The van der Waals surface area contributed by atoms with Gasteiger partial charge in [0.15, 0.2) is 0 Å². The molecule has 1 radical (unpaired) electrons. The van der Waals surface area contributed by atoms with E-state index in [1.807, 2.05) is 32.0 Å². The molecule has 0 aromatic carbocycles. The standard InChI is InChI=1S/C11H15N3.2ClH.Co/c1-3-12-8-10-6-5-7-11(14-10)9-13-4-2;;;/h5-9H,3-4H2,1-2H3;2*1H;/q;;;+2/p-2. The van der Waals surface area contributed by atoms with Crippen LogP contribution in [0, 0.1) is 0 Å². The number of hydrogen-bond acceptors (Lipinski definition) is 3. The van der Waals surface area contributed by atoms with Crippen molar-refractivity contribution in [2.24, 2.45) is 9.98 Å². The second-order valence-corrected chi connectivity index (χ2v) is 2.74. The minimum atomic E-state index is 0. The minimum absolute atomic E-state index is 0. The fourth-order valence-corrected chi connectivity index (χ4v) is 0.982. The molecule has 0 spiro atoms. The SMILES string of the molecule is CCN=Cc1cccc(C=NCC)n1.[Cl-].[Cl-].[Co+2]. The van der Waals surface area contributed by atoms with Crippen molar-refractivity contribution in [1.29, 1.82) is 0 Å². The van der Waals surface area contributed by atoms with Gasteiger partial charge in [0.2, 0.25) is 0 Å². The molecule has 0 N–H and O–H groups in total. The van der Waals surface area contributed by atoms with Crippen molar-refractivity contribution in [3.8, 4) is 0 Å². The molecule has 17 heavy (non-hydrogen) atoms. The minimum Gasteiger partial charge on any atom is -1.00 e. The number of rotatable bonds is 4. The number of nitrogens with zero attached hydrogens (tertiary/aromatic N) is 3. The Morgan fingerprint density at radius 1 is 1.00 bits per heavy atom. The second-order valence-electron chi connectivity index (χ2n) is 2.74. The van der Waals surface area contributed by atoms with Crippen LogP contribution in [0.25, 0.3) is 0 Å². The molecule has 0 fully saturated rings. The Labute approximate surface area is 125 Å². The number of aliphatic imine (C=N–C) groups is 2. The van der Waals surface area contributed by atoms with E-state index in [-0.39, 0.29) is 41.6 Å². The van der Waals surface area contributed by atoms with E-state index in [9.17, 15) is 0 Å². The summed E-state index contributed by atoms with van der Waals surface area (Å²) >= 11 is 0. The molecule has 1 rings (SSSR count). The first kappa shape index (κ1) is 21.8. The quantitative estimate of drug-likeness (QED) is 0.521. The van der Waals surface area contributed by atoms with E-state index in [0.29, 0.717) is 0 Å². The zero-order chi connectivity index (χ0) is 10.2. The molecule has 1 aromatic rings. The Balaban J connectivity index is -0.000000653. The van der Waals surface area contributed by atoms with Crippen molar-refractivity contribution in [2.75, 3.05) is 13.1 Å². The summed E-state index contributed by atoms with van der Waals surface area (Å²) in [7, 11) is 0. The van der Waals surface area contributed by atoms with Crippen LogP contribution >= 0.6 is 0 Å². The molecule has 0 aliphatic carbocycles. The summed E-state index contributed by atoms with van der Waals surface area (Å²) < 4.78 is 0. The van der Waals surface area contributed by atoms with Crippen molar-refractivity contribution in [1.82, 2.24) is 4.98 Å².